The molecular weight excluding hydrogens is 454 g/mol. The molecular formula is C29H33N3O4. The Bertz CT molecular complexity index is 1170. The molecule has 3 aromatic rings. The molecule has 7 heteroatoms. The number of nitrogens with one attached hydrogen (secondary N) is 2. The molecule has 0 aromatic heterocycles. The number of carbonyl (C=O) groups excluding carboxylic acids is 2. The fourth-order valence-electron chi connectivity index (χ4n) is 4.51. The van der Waals surface area contributed by atoms with Gasteiger partial charge in [0.2, 0.25) is 0 Å². The van der Waals surface area contributed by atoms with Gasteiger partial charge in [0.05, 0.1) is 25.8 Å². The highest BCUT2D eigenvalue weighted by Gasteiger charge is 2.25. The molecule has 1 saturated heterocycles. The molecule has 36 heavy (non-hydrogen) atoms. The predicted molar refractivity (Wildman–Crippen MR) is 141 cm³/mol. The lowest BCUT2D eigenvalue weighted by Gasteiger charge is -2.35. The van der Waals surface area contributed by atoms with E-state index in [0.717, 1.165) is 37.2 Å². The molecule has 0 saturated carbocycles. The van der Waals surface area contributed by atoms with Gasteiger partial charge in [0.25, 0.3) is 11.8 Å². The molecule has 188 valence electrons. The summed E-state index contributed by atoms with van der Waals surface area (Å²) in [5.41, 5.74) is 3.14. The van der Waals surface area contributed by atoms with E-state index >= 15 is 0 Å². The van der Waals surface area contributed by atoms with E-state index in [-0.39, 0.29) is 23.9 Å². The van der Waals surface area contributed by atoms with Crippen LogP contribution in [0.15, 0.2) is 72.8 Å². The van der Waals surface area contributed by atoms with Crippen LogP contribution >= 0.6 is 0 Å². The maximum atomic E-state index is 13.1. The number of rotatable bonds is 8. The van der Waals surface area contributed by atoms with E-state index in [9.17, 15) is 9.59 Å². The zero-order valence-electron chi connectivity index (χ0n) is 21.0. The van der Waals surface area contributed by atoms with Crippen molar-refractivity contribution in [2.24, 2.45) is 0 Å². The van der Waals surface area contributed by atoms with Gasteiger partial charge >= 0.3 is 0 Å². The average molecular weight is 488 g/mol. The first-order chi connectivity index (χ1) is 17.5. The lowest BCUT2D eigenvalue weighted by Crippen LogP contribution is -2.45. The van der Waals surface area contributed by atoms with Gasteiger partial charge in [-0.15, -0.1) is 0 Å². The number of piperidine rings is 1. The quantitative estimate of drug-likeness (QED) is 0.486. The van der Waals surface area contributed by atoms with Crippen LogP contribution in [0.4, 0.5) is 5.69 Å². The Morgan fingerprint density at radius 2 is 1.47 bits per heavy atom. The molecule has 1 fully saturated rings. The summed E-state index contributed by atoms with van der Waals surface area (Å²) < 4.78 is 10.6. The summed E-state index contributed by atoms with van der Waals surface area (Å²) in [7, 11) is 3.12. The molecule has 1 aliphatic rings. The second-order valence-corrected chi connectivity index (χ2v) is 8.96. The highest BCUT2D eigenvalue weighted by Crippen LogP contribution is 2.26. The number of nitrogens with zero attached hydrogens (tertiary/aromatic N) is 1. The molecule has 0 aliphatic carbocycles. The fourth-order valence-corrected chi connectivity index (χ4v) is 4.51. The number of carbonyl (C=O) groups is 2. The van der Waals surface area contributed by atoms with E-state index in [2.05, 4.69) is 15.5 Å². The summed E-state index contributed by atoms with van der Waals surface area (Å²) in [6.07, 6.45) is 1.56. The SMILES string of the molecule is COc1cc(OC)cc(C(=O)NC2CCN(c3ccccc3C(=O)N[C@H](C)c3ccccc3)CC2)c1. The summed E-state index contributed by atoms with van der Waals surface area (Å²) >= 11 is 0. The maximum absolute atomic E-state index is 13.1. The van der Waals surface area contributed by atoms with E-state index < -0.39 is 0 Å². The zero-order valence-corrected chi connectivity index (χ0v) is 21.0. The van der Waals surface area contributed by atoms with Gasteiger partial charge in [0.1, 0.15) is 11.5 Å². The van der Waals surface area contributed by atoms with Crippen LogP contribution in [0, 0.1) is 0 Å². The highest BCUT2D eigenvalue weighted by atomic mass is 16.5. The van der Waals surface area contributed by atoms with Crippen molar-refractivity contribution in [1.29, 1.82) is 0 Å². The molecule has 2 amide bonds. The Balaban J connectivity index is 1.38. The molecule has 0 spiro atoms. The van der Waals surface area contributed by atoms with E-state index in [0.29, 0.717) is 22.6 Å². The van der Waals surface area contributed by atoms with Crippen LogP contribution < -0.4 is 25.0 Å². The number of benzene rings is 3. The summed E-state index contributed by atoms with van der Waals surface area (Å²) in [5, 5.41) is 6.26. The fraction of sp³-hybridized carbons (Fsp3) is 0.310. The van der Waals surface area contributed by atoms with Crippen LogP contribution in [-0.2, 0) is 0 Å². The van der Waals surface area contributed by atoms with E-state index in [1.54, 1.807) is 32.4 Å². The lowest BCUT2D eigenvalue weighted by atomic mass is 10.0. The van der Waals surface area contributed by atoms with Crippen molar-refractivity contribution in [3.8, 4) is 11.5 Å². The molecule has 0 bridgehead atoms. The van der Waals surface area contributed by atoms with Gasteiger partial charge in [-0.1, -0.05) is 42.5 Å². The molecule has 0 unspecified atom stereocenters. The van der Waals surface area contributed by atoms with Crippen LogP contribution in [-0.4, -0.2) is 45.2 Å². The number of anilines is 1. The molecule has 3 aromatic carbocycles. The summed E-state index contributed by atoms with van der Waals surface area (Å²) in [5.74, 6) is 0.904. The standard InChI is InChI=1S/C29H33N3O4/c1-20(21-9-5-4-6-10-21)30-29(34)26-11-7-8-12-27(26)32-15-13-23(14-16-32)31-28(33)22-17-24(35-2)19-25(18-22)36-3/h4-12,17-20,23H,13-16H2,1-3H3,(H,30,34)(H,31,33)/t20-/m1/s1. The van der Waals surface area contributed by atoms with E-state index in [1.165, 1.54) is 0 Å². The lowest BCUT2D eigenvalue weighted by molar-refractivity contribution is 0.0927. The normalized spacial score (nSPS) is 14.6. The third kappa shape index (κ3) is 5.97. The van der Waals surface area contributed by atoms with Crippen molar-refractivity contribution >= 4 is 17.5 Å². The molecule has 4 rings (SSSR count). The van der Waals surface area contributed by atoms with Crippen molar-refractivity contribution < 1.29 is 19.1 Å². The van der Waals surface area contributed by atoms with Gasteiger partial charge in [-0.3, -0.25) is 9.59 Å². The molecule has 1 heterocycles. The number of methoxy groups -OCH3 is 2. The topological polar surface area (TPSA) is 79.9 Å². The molecule has 1 atom stereocenters. The van der Waals surface area contributed by atoms with Crippen LogP contribution in [0.5, 0.6) is 11.5 Å². The minimum atomic E-state index is -0.152. The number of hydrogen-bond acceptors (Lipinski definition) is 5. The third-order valence-corrected chi connectivity index (χ3v) is 6.58. The minimum absolute atomic E-state index is 0.0463. The second kappa shape index (κ2) is 11.6. The first-order valence-electron chi connectivity index (χ1n) is 12.2. The largest absolute Gasteiger partial charge is 0.497 e. The molecule has 0 radical (unpaired) electrons. The Morgan fingerprint density at radius 1 is 0.861 bits per heavy atom. The highest BCUT2D eigenvalue weighted by molar-refractivity contribution is 6.00. The van der Waals surface area contributed by atoms with Crippen LogP contribution in [0.25, 0.3) is 0 Å². The Labute approximate surface area is 212 Å². The molecule has 7 nitrogen and oxygen atoms in total. The van der Waals surface area contributed by atoms with Gasteiger partial charge in [0, 0.05) is 36.4 Å². The summed E-state index contributed by atoms with van der Waals surface area (Å²) in [4.78, 5) is 28.2. The second-order valence-electron chi connectivity index (χ2n) is 8.96. The monoisotopic (exact) mass is 487 g/mol. The Kier molecular flexibility index (Phi) is 8.10. The Morgan fingerprint density at radius 3 is 2.11 bits per heavy atom. The van der Waals surface area contributed by atoms with Gasteiger partial charge in [-0.25, -0.2) is 0 Å². The minimum Gasteiger partial charge on any atom is -0.497 e. The van der Waals surface area contributed by atoms with Crippen molar-refractivity contribution in [3.63, 3.8) is 0 Å². The number of ether oxygens (including phenoxy) is 2. The van der Waals surface area contributed by atoms with E-state index in [1.807, 2.05) is 61.5 Å². The Hall–Kier alpha value is -4.00. The first kappa shape index (κ1) is 25.1. The third-order valence-electron chi connectivity index (χ3n) is 6.58. The number of para-hydroxylation sites is 1. The molecule has 1 aliphatic heterocycles. The predicted octanol–water partition coefficient (Wildman–Crippen LogP) is 4.59. The summed E-state index contributed by atoms with van der Waals surface area (Å²) in [6.45, 7) is 3.47. The number of amides is 2. The molecule has 2 N–H and O–H groups in total. The first-order valence-corrected chi connectivity index (χ1v) is 12.2. The van der Waals surface area contributed by atoms with Gasteiger partial charge in [-0.2, -0.15) is 0 Å². The van der Waals surface area contributed by atoms with E-state index in [4.69, 9.17) is 9.47 Å². The summed E-state index contributed by atoms with van der Waals surface area (Å²) in [6, 6.07) is 22.7. The van der Waals surface area contributed by atoms with Crippen LogP contribution in [0.1, 0.15) is 52.1 Å². The van der Waals surface area contributed by atoms with Crippen molar-refractivity contribution in [1.82, 2.24) is 10.6 Å². The van der Waals surface area contributed by atoms with Gasteiger partial charge in [0.15, 0.2) is 0 Å². The maximum Gasteiger partial charge on any atom is 0.253 e. The van der Waals surface area contributed by atoms with Crippen LogP contribution in [0.2, 0.25) is 0 Å². The van der Waals surface area contributed by atoms with Crippen molar-refractivity contribution in [2.45, 2.75) is 31.8 Å². The van der Waals surface area contributed by atoms with Crippen LogP contribution in [0.3, 0.4) is 0 Å². The number of hydrogen-bond donors (Lipinski definition) is 2. The zero-order chi connectivity index (χ0) is 25.5. The average Bonchev–Trinajstić information content (AvgIpc) is 2.93. The smallest absolute Gasteiger partial charge is 0.253 e. The van der Waals surface area contributed by atoms with Gasteiger partial charge < -0.3 is 25.0 Å². The van der Waals surface area contributed by atoms with Crippen molar-refractivity contribution in [2.75, 3.05) is 32.2 Å². The van der Waals surface area contributed by atoms with Crippen molar-refractivity contribution in [3.05, 3.63) is 89.5 Å². The van der Waals surface area contributed by atoms with Gasteiger partial charge in [-0.05, 0) is 49.6 Å².